The number of ketones is 1. The third-order valence-corrected chi connectivity index (χ3v) is 7.87. The summed E-state index contributed by atoms with van der Waals surface area (Å²) < 4.78 is 15.8. The largest absolute Gasteiger partial charge is 0.497 e. The highest BCUT2D eigenvalue weighted by atomic mass is 16.6. The minimum Gasteiger partial charge on any atom is -0.497 e. The Hall–Kier alpha value is -2.98. The average Bonchev–Trinajstić information content (AvgIpc) is 3.68. The van der Waals surface area contributed by atoms with Crippen molar-refractivity contribution in [2.45, 2.75) is 82.5 Å². The van der Waals surface area contributed by atoms with E-state index in [2.05, 4.69) is 16.0 Å². The Kier molecular flexibility index (Phi) is 10.3. The number of benzene rings is 1. The normalized spacial score (nSPS) is 23.2. The molecule has 0 bridgehead atoms. The van der Waals surface area contributed by atoms with Crippen molar-refractivity contribution in [3.05, 3.63) is 29.8 Å². The van der Waals surface area contributed by atoms with Crippen LogP contribution in [0.3, 0.4) is 0 Å². The highest BCUT2D eigenvalue weighted by molar-refractivity contribution is 5.96. The number of nitrogens with one attached hydrogen (secondary N) is 3. The lowest BCUT2D eigenvalue weighted by atomic mass is 9.94. The lowest BCUT2D eigenvalue weighted by Gasteiger charge is -2.26. The molecule has 0 radical (unpaired) electrons. The molecule has 1 aromatic carbocycles. The highest BCUT2D eigenvalue weighted by Crippen LogP contribution is 2.30. The van der Waals surface area contributed by atoms with Crippen molar-refractivity contribution in [3.8, 4) is 5.75 Å². The number of amides is 3. The molecule has 3 N–H and O–H groups in total. The zero-order chi connectivity index (χ0) is 27.8. The van der Waals surface area contributed by atoms with Crippen molar-refractivity contribution in [2.75, 3.05) is 26.9 Å². The first-order valence-corrected chi connectivity index (χ1v) is 14.1. The van der Waals surface area contributed by atoms with Gasteiger partial charge in [-0.2, -0.15) is 0 Å². The molecule has 3 amide bonds. The van der Waals surface area contributed by atoms with Gasteiger partial charge in [0.05, 0.1) is 32.3 Å². The molecule has 3 fully saturated rings. The monoisotopic (exact) mass is 543 g/mol. The average molecular weight is 544 g/mol. The van der Waals surface area contributed by atoms with Crippen LogP contribution in [0.25, 0.3) is 0 Å². The number of carbonyl (C=O) groups is 4. The topological polar surface area (TPSA) is 135 Å². The van der Waals surface area contributed by atoms with E-state index in [1.54, 1.807) is 26.2 Å². The SMILES string of the molecule is COc1ccc(CC(NC(=O)C(C)NC(=O)C2CCCOC2)C(=O)NC(CC2CCCC2)C(=O)C2CO2)cc1. The van der Waals surface area contributed by atoms with Crippen molar-refractivity contribution in [3.63, 3.8) is 0 Å². The van der Waals surface area contributed by atoms with Crippen LogP contribution >= 0.6 is 0 Å². The van der Waals surface area contributed by atoms with Crippen LogP contribution in [0.15, 0.2) is 24.3 Å². The Labute approximate surface area is 229 Å². The first kappa shape index (κ1) is 29.0. The minimum absolute atomic E-state index is 0.111. The summed E-state index contributed by atoms with van der Waals surface area (Å²) in [6.07, 6.45) is 6.18. The number of hydrogen-bond donors (Lipinski definition) is 3. The van der Waals surface area contributed by atoms with E-state index < -0.39 is 36.0 Å². The molecular formula is C29H41N3O7. The summed E-state index contributed by atoms with van der Waals surface area (Å²) in [5, 5.41) is 8.50. The standard InChI is InChI=1S/C29H41N3O7/c1-18(30-28(35)21-8-5-13-38-16-21)27(34)32-24(15-20-9-11-22(37-2)12-10-20)29(36)31-23(26(33)25-17-39-25)14-19-6-3-4-7-19/h9-12,18-19,21,23-25H,3-8,13-17H2,1-2H3,(H,30,35)(H,31,36)(H,32,34). The zero-order valence-corrected chi connectivity index (χ0v) is 22.9. The number of carbonyl (C=O) groups excluding carboxylic acids is 4. The summed E-state index contributed by atoms with van der Waals surface area (Å²) in [5.74, 6) is -0.488. The number of methoxy groups -OCH3 is 1. The Morgan fingerprint density at radius 3 is 2.23 bits per heavy atom. The first-order chi connectivity index (χ1) is 18.8. The maximum Gasteiger partial charge on any atom is 0.243 e. The van der Waals surface area contributed by atoms with Crippen molar-refractivity contribution >= 4 is 23.5 Å². The number of hydrogen-bond acceptors (Lipinski definition) is 7. The van der Waals surface area contributed by atoms with Crippen molar-refractivity contribution in [2.24, 2.45) is 11.8 Å². The van der Waals surface area contributed by atoms with Crippen LogP contribution in [-0.2, 0) is 35.1 Å². The van der Waals surface area contributed by atoms with Crippen LogP contribution in [0.5, 0.6) is 5.75 Å². The van der Waals surface area contributed by atoms with Gasteiger partial charge in [-0.25, -0.2) is 0 Å². The second-order valence-corrected chi connectivity index (χ2v) is 10.9. The van der Waals surface area contributed by atoms with Crippen LogP contribution in [-0.4, -0.2) is 74.7 Å². The van der Waals surface area contributed by atoms with E-state index in [0.717, 1.165) is 37.7 Å². The predicted octanol–water partition coefficient (Wildman–Crippen LogP) is 1.69. The zero-order valence-electron chi connectivity index (χ0n) is 22.9. The summed E-state index contributed by atoms with van der Waals surface area (Å²) in [7, 11) is 1.58. The highest BCUT2D eigenvalue weighted by Gasteiger charge is 2.39. The third-order valence-electron chi connectivity index (χ3n) is 7.87. The summed E-state index contributed by atoms with van der Waals surface area (Å²) in [6, 6.07) is 4.80. The Bertz CT molecular complexity index is 999. The van der Waals surface area contributed by atoms with E-state index in [1.807, 2.05) is 12.1 Å². The number of ether oxygens (including phenoxy) is 3. The van der Waals surface area contributed by atoms with Crippen LogP contribution in [0, 0.1) is 11.8 Å². The van der Waals surface area contributed by atoms with E-state index in [1.165, 1.54) is 0 Å². The van der Waals surface area contributed by atoms with Gasteiger partial charge in [-0.15, -0.1) is 0 Å². The fourth-order valence-electron chi connectivity index (χ4n) is 5.38. The van der Waals surface area contributed by atoms with Crippen LogP contribution in [0.4, 0.5) is 0 Å². The lowest BCUT2D eigenvalue weighted by Crippen LogP contribution is -2.56. The van der Waals surface area contributed by atoms with E-state index in [4.69, 9.17) is 14.2 Å². The molecule has 2 heterocycles. The molecule has 10 nitrogen and oxygen atoms in total. The minimum atomic E-state index is -0.942. The summed E-state index contributed by atoms with van der Waals surface area (Å²) in [6.45, 7) is 2.95. The first-order valence-electron chi connectivity index (χ1n) is 14.1. The lowest BCUT2D eigenvalue weighted by molar-refractivity contribution is -0.135. The van der Waals surface area contributed by atoms with Gasteiger partial charge < -0.3 is 30.2 Å². The van der Waals surface area contributed by atoms with Crippen molar-refractivity contribution < 1.29 is 33.4 Å². The van der Waals surface area contributed by atoms with Crippen molar-refractivity contribution in [1.29, 1.82) is 0 Å². The summed E-state index contributed by atoms with van der Waals surface area (Å²) in [5.41, 5.74) is 0.816. The molecule has 3 aliphatic rings. The molecule has 5 atom stereocenters. The molecular weight excluding hydrogens is 502 g/mol. The maximum atomic E-state index is 13.6. The second-order valence-electron chi connectivity index (χ2n) is 10.9. The Balaban J connectivity index is 1.44. The van der Waals surface area contributed by atoms with Gasteiger partial charge in [-0.1, -0.05) is 37.8 Å². The predicted molar refractivity (Wildman–Crippen MR) is 143 cm³/mol. The fraction of sp³-hybridized carbons (Fsp3) is 0.655. The van der Waals surface area contributed by atoms with E-state index in [-0.39, 0.29) is 24.0 Å². The smallest absolute Gasteiger partial charge is 0.243 e. The maximum absolute atomic E-state index is 13.6. The summed E-state index contributed by atoms with van der Waals surface area (Å²) >= 11 is 0. The van der Waals surface area contributed by atoms with Crippen LogP contribution < -0.4 is 20.7 Å². The second kappa shape index (κ2) is 13.9. The van der Waals surface area contributed by atoms with E-state index in [9.17, 15) is 19.2 Å². The third kappa shape index (κ3) is 8.50. The Morgan fingerprint density at radius 2 is 1.62 bits per heavy atom. The van der Waals surface area contributed by atoms with Gasteiger partial charge in [-0.3, -0.25) is 19.2 Å². The number of Topliss-reactive ketones (excluding diaryl/α,β-unsaturated/α-hetero) is 1. The van der Waals surface area contributed by atoms with Gasteiger partial charge in [-0.05, 0) is 49.8 Å². The van der Waals surface area contributed by atoms with Gasteiger partial charge >= 0.3 is 0 Å². The molecule has 10 heteroatoms. The molecule has 1 aliphatic carbocycles. The van der Waals surface area contributed by atoms with Crippen LogP contribution in [0.1, 0.15) is 57.4 Å². The van der Waals surface area contributed by atoms with E-state index in [0.29, 0.717) is 44.3 Å². The van der Waals surface area contributed by atoms with Crippen molar-refractivity contribution in [1.82, 2.24) is 16.0 Å². The summed E-state index contributed by atoms with van der Waals surface area (Å²) in [4.78, 5) is 52.3. The molecule has 2 saturated heterocycles. The van der Waals surface area contributed by atoms with E-state index >= 15 is 0 Å². The molecule has 1 saturated carbocycles. The van der Waals surface area contributed by atoms with Gasteiger partial charge in [0.25, 0.3) is 0 Å². The molecule has 1 aromatic rings. The molecule has 5 unspecified atom stereocenters. The molecule has 214 valence electrons. The van der Waals surface area contributed by atoms with Gasteiger partial charge in [0.15, 0.2) is 5.78 Å². The number of epoxide rings is 1. The Morgan fingerprint density at radius 1 is 0.923 bits per heavy atom. The fourth-order valence-corrected chi connectivity index (χ4v) is 5.38. The molecule has 4 rings (SSSR count). The number of rotatable bonds is 13. The quantitative estimate of drug-likeness (QED) is 0.322. The molecule has 0 spiro atoms. The van der Waals surface area contributed by atoms with Gasteiger partial charge in [0.2, 0.25) is 17.7 Å². The molecule has 39 heavy (non-hydrogen) atoms. The molecule has 0 aromatic heterocycles. The van der Waals surface area contributed by atoms with Gasteiger partial charge in [0.1, 0.15) is 23.9 Å². The molecule has 2 aliphatic heterocycles. The van der Waals surface area contributed by atoms with Crippen LogP contribution in [0.2, 0.25) is 0 Å². The van der Waals surface area contributed by atoms with Gasteiger partial charge in [0, 0.05) is 13.0 Å².